The number of carbonyl (C=O) groups is 3. The van der Waals surface area contributed by atoms with Gasteiger partial charge < -0.3 is 20.1 Å². The number of sulfonamides is 1. The van der Waals surface area contributed by atoms with Gasteiger partial charge in [-0.1, -0.05) is 35.5 Å². The van der Waals surface area contributed by atoms with Crippen LogP contribution in [0.2, 0.25) is 0 Å². The first kappa shape index (κ1) is 32.1. The summed E-state index contributed by atoms with van der Waals surface area (Å²) in [5.41, 5.74) is 11.9. The van der Waals surface area contributed by atoms with Gasteiger partial charge in [0.1, 0.15) is 17.8 Å². The summed E-state index contributed by atoms with van der Waals surface area (Å²) in [7, 11) is -2.32. The number of methoxy groups -OCH3 is 1. The summed E-state index contributed by atoms with van der Waals surface area (Å²) in [4.78, 5) is 42.1. The molecule has 3 rings (SSSR count). The number of aryl methyl sites for hydroxylation is 1. The maximum Gasteiger partial charge on any atom is 0.309 e. The molecular weight excluding hydrogens is 564 g/mol. The van der Waals surface area contributed by atoms with Crippen LogP contribution >= 0.6 is 0 Å². The van der Waals surface area contributed by atoms with E-state index in [-0.39, 0.29) is 31.0 Å². The average molecular weight is 599 g/mol. The summed E-state index contributed by atoms with van der Waals surface area (Å²) in [6, 6.07) is 5.95. The van der Waals surface area contributed by atoms with Crippen molar-refractivity contribution in [3.05, 3.63) is 81.2 Å². The largest absolute Gasteiger partial charge is 0.496 e. The van der Waals surface area contributed by atoms with E-state index in [1.807, 2.05) is 0 Å². The molecule has 1 aliphatic heterocycles. The Balaban J connectivity index is 1.81. The zero-order valence-corrected chi connectivity index (χ0v) is 24.6. The van der Waals surface area contributed by atoms with Crippen LogP contribution in [0, 0.1) is 26.7 Å². The maximum absolute atomic E-state index is 13.4. The zero-order valence-electron chi connectivity index (χ0n) is 23.8. The number of benzene rings is 2. The van der Waals surface area contributed by atoms with Crippen LogP contribution in [0.5, 0.6) is 5.75 Å². The van der Waals surface area contributed by atoms with Gasteiger partial charge >= 0.3 is 5.97 Å². The van der Waals surface area contributed by atoms with E-state index in [2.05, 4.69) is 26.6 Å². The molecule has 1 unspecified atom stereocenters. The predicted octanol–water partition coefficient (Wildman–Crippen LogP) is 2.88. The fourth-order valence-corrected chi connectivity index (χ4v) is 6.50. The smallest absolute Gasteiger partial charge is 0.309 e. The Morgan fingerprint density at radius 1 is 1.24 bits per heavy atom. The summed E-state index contributed by atoms with van der Waals surface area (Å²) in [5, 5.41) is 15.5. The highest BCUT2D eigenvalue weighted by Crippen LogP contribution is 2.30. The lowest BCUT2D eigenvalue weighted by molar-refractivity contribution is -0.156. The molecule has 1 saturated heterocycles. The molecule has 1 fully saturated rings. The summed E-state index contributed by atoms with van der Waals surface area (Å²) in [6.45, 7) is 8.37. The second-order valence-corrected chi connectivity index (χ2v) is 11.7. The molecule has 0 bridgehead atoms. The Kier molecular flexibility index (Phi) is 10.3. The number of azide groups is 1. The van der Waals surface area contributed by atoms with E-state index in [0.29, 0.717) is 28.0 Å². The van der Waals surface area contributed by atoms with Gasteiger partial charge in [-0.05, 0) is 66.6 Å². The van der Waals surface area contributed by atoms with Crippen molar-refractivity contribution < 1.29 is 32.6 Å². The van der Waals surface area contributed by atoms with Gasteiger partial charge in [-0.15, -0.1) is 6.58 Å². The summed E-state index contributed by atoms with van der Waals surface area (Å²) in [5.74, 6) is -3.13. The van der Waals surface area contributed by atoms with Gasteiger partial charge in [0, 0.05) is 18.0 Å². The van der Waals surface area contributed by atoms with Crippen LogP contribution in [-0.2, 0) is 37.5 Å². The molecule has 1 heterocycles. The van der Waals surface area contributed by atoms with E-state index in [1.165, 1.54) is 18.1 Å². The first-order valence-corrected chi connectivity index (χ1v) is 14.5. The third-order valence-corrected chi connectivity index (χ3v) is 8.98. The van der Waals surface area contributed by atoms with Gasteiger partial charge in [0.2, 0.25) is 21.8 Å². The lowest BCUT2D eigenvalue weighted by atomic mass is 9.91. The van der Waals surface area contributed by atoms with Crippen molar-refractivity contribution in [2.24, 2.45) is 11.0 Å². The maximum atomic E-state index is 13.4. The van der Waals surface area contributed by atoms with Gasteiger partial charge in [-0.25, -0.2) is 13.1 Å². The number of carbonyl (C=O) groups excluding carboxylic acids is 2. The Morgan fingerprint density at radius 2 is 1.88 bits per heavy atom. The van der Waals surface area contributed by atoms with E-state index in [9.17, 15) is 27.9 Å². The molecule has 0 spiro atoms. The van der Waals surface area contributed by atoms with Crippen molar-refractivity contribution in [1.82, 2.24) is 14.9 Å². The van der Waals surface area contributed by atoms with E-state index >= 15 is 0 Å². The molecule has 3 atom stereocenters. The minimum atomic E-state index is -3.85. The molecule has 2 amide bonds. The van der Waals surface area contributed by atoms with Crippen LogP contribution in [0.3, 0.4) is 0 Å². The number of amides is 2. The Bertz CT molecular complexity index is 1530. The number of nitrogens with one attached hydrogen (secondary N) is 2. The number of rotatable bonds is 13. The lowest BCUT2D eigenvalue weighted by Crippen LogP contribution is -2.66. The van der Waals surface area contributed by atoms with E-state index in [4.69, 9.17) is 10.3 Å². The van der Waals surface area contributed by atoms with Gasteiger partial charge in [0.05, 0.1) is 24.5 Å². The topological polar surface area (TPSA) is 191 Å². The number of piperazine rings is 1. The van der Waals surface area contributed by atoms with Crippen molar-refractivity contribution in [3.63, 3.8) is 0 Å². The monoisotopic (exact) mass is 598 g/mol. The average Bonchev–Trinajstić information content (AvgIpc) is 2.94. The van der Waals surface area contributed by atoms with E-state index < -0.39 is 45.8 Å². The Hall–Kier alpha value is -4.39. The fourth-order valence-electron chi connectivity index (χ4n) is 4.96. The Labute approximate surface area is 244 Å². The van der Waals surface area contributed by atoms with Crippen LogP contribution in [0.15, 0.2) is 53.0 Å². The quantitative estimate of drug-likeness (QED) is 0.137. The number of carboxylic acids is 1. The van der Waals surface area contributed by atoms with Crippen LogP contribution in [0.1, 0.15) is 34.2 Å². The zero-order chi connectivity index (χ0) is 31.2. The van der Waals surface area contributed by atoms with Gasteiger partial charge in [-0.2, -0.15) is 0 Å². The third-order valence-electron chi connectivity index (χ3n) is 7.29. The number of allylic oxidation sites excluding steroid dienone is 1. The first-order chi connectivity index (χ1) is 19.9. The summed E-state index contributed by atoms with van der Waals surface area (Å²) < 4.78 is 34.3. The van der Waals surface area contributed by atoms with E-state index in [0.717, 1.165) is 5.56 Å². The third kappa shape index (κ3) is 6.90. The molecular formula is C28H34N6O7S. The van der Waals surface area contributed by atoms with Crippen molar-refractivity contribution in [3.8, 4) is 5.75 Å². The molecule has 224 valence electrons. The highest BCUT2D eigenvalue weighted by atomic mass is 32.2. The SMILES string of the molecule is C=CCC(C(=O)O)[C@@H]1NC(=O)[C@@H](CN=[N+]=[N-])N(Cc2ccc(CNS(=O)(=O)c3c(C)cc(OC)c(C)c3C)cc2)C1=O. The standard InChI is InChI=1S/C28H34N6O7S/c1-6-7-21(28(37)38)24-27(36)34(22(14-30-33-29)26(35)32-24)15-20-10-8-19(9-11-20)13-31-42(39,40)25-16(2)12-23(41-5)17(3)18(25)4/h6,8-12,21-22,24,31H,1,7,13-15H2,2-5H3,(H,32,35)(H,37,38)/t21?,22-,24+/m1/s1. The number of hydrogen-bond acceptors (Lipinski definition) is 7. The molecule has 1 aliphatic rings. The van der Waals surface area contributed by atoms with Gasteiger partial charge in [0.15, 0.2) is 0 Å². The highest BCUT2D eigenvalue weighted by molar-refractivity contribution is 7.89. The molecule has 14 heteroatoms. The minimum Gasteiger partial charge on any atom is -0.496 e. The molecule has 42 heavy (non-hydrogen) atoms. The number of aliphatic carboxylic acids is 1. The van der Waals surface area contributed by atoms with Crippen LogP contribution in [-0.4, -0.2) is 61.9 Å². The molecule has 2 aromatic rings. The van der Waals surface area contributed by atoms with Crippen LogP contribution in [0.25, 0.3) is 10.4 Å². The van der Waals surface area contributed by atoms with Crippen LogP contribution < -0.4 is 14.8 Å². The molecule has 13 nitrogen and oxygen atoms in total. The minimum absolute atomic E-state index is 0.00104. The summed E-state index contributed by atoms with van der Waals surface area (Å²) >= 11 is 0. The Morgan fingerprint density at radius 3 is 2.45 bits per heavy atom. The first-order valence-electron chi connectivity index (χ1n) is 13.0. The molecule has 0 radical (unpaired) electrons. The molecule has 0 saturated carbocycles. The van der Waals surface area contributed by atoms with Crippen molar-refractivity contribution in [2.75, 3.05) is 13.7 Å². The van der Waals surface area contributed by atoms with Crippen molar-refractivity contribution in [2.45, 2.75) is 57.3 Å². The molecule has 2 aromatic carbocycles. The van der Waals surface area contributed by atoms with Gasteiger partial charge in [-0.3, -0.25) is 14.4 Å². The molecule has 3 N–H and O–H groups in total. The lowest BCUT2D eigenvalue weighted by Gasteiger charge is -2.40. The normalized spacial score (nSPS) is 17.7. The van der Waals surface area contributed by atoms with E-state index in [1.54, 1.807) is 51.1 Å². The highest BCUT2D eigenvalue weighted by Gasteiger charge is 2.45. The fraction of sp³-hybridized carbons (Fsp3) is 0.393. The number of carboxylic acid groups (broad SMARTS) is 1. The van der Waals surface area contributed by atoms with Crippen molar-refractivity contribution in [1.29, 1.82) is 0 Å². The number of nitrogens with zero attached hydrogens (tertiary/aromatic N) is 4. The van der Waals surface area contributed by atoms with Gasteiger partial charge in [0.25, 0.3) is 0 Å². The number of ether oxygens (including phenoxy) is 1. The second-order valence-electron chi connectivity index (χ2n) is 9.97. The summed E-state index contributed by atoms with van der Waals surface area (Å²) in [6.07, 6.45) is 1.32. The second kappa shape index (κ2) is 13.5. The molecule has 0 aliphatic carbocycles. The van der Waals surface area contributed by atoms with Crippen LogP contribution in [0.4, 0.5) is 0 Å². The number of hydrogen-bond donors (Lipinski definition) is 3. The van der Waals surface area contributed by atoms with Crippen molar-refractivity contribution >= 4 is 27.8 Å². The predicted molar refractivity (Wildman–Crippen MR) is 154 cm³/mol. The molecule has 0 aromatic heterocycles.